The van der Waals surface area contributed by atoms with Crippen molar-refractivity contribution in [3.8, 4) is 0 Å². The van der Waals surface area contributed by atoms with Gasteiger partial charge in [-0.15, -0.1) is 5.10 Å². The first kappa shape index (κ1) is 16.0. The van der Waals surface area contributed by atoms with E-state index in [9.17, 15) is 4.79 Å². The zero-order chi connectivity index (χ0) is 17.2. The van der Waals surface area contributed by atoms with Crippen LogP contribution in [0.5, 0.6) is 0 Å². The van der Waals surface area contributed by atoms with Crippen molar-refractivity contribution in [3.05, 3.63) is 34.8 Å². The number of carbonyl (C=O) groups is 1. The maximum absolute atomic E-state index is 12.1. The van der Waals surface area contributed by atoms with E-state index < -0.39 is 0 Å². The van der Waals surface area contributed by atoms with E-state index in [1.165, 1.54) is 0 Å². The van der Waals surface area contributed by atoms with Gasteiger partial charge in [0.25, 0.3) is 11.9 Å². The van der Waals surface area contributed by atoms with Gasteiger partial charge in [0.1, 0.15) is 10.4 Å². The summed E-state index contributed by atoms with van der Waals surface area (Å²) in [6.07, 6.45) is 2.00. The van der Waals surface area contributed by atoms with Gasteiger partial charge in [-0.25, -0.2) is 0 Å². The number of fused-ring (bicyclic) bond motifs is 1. The van der Waals surface area contributed by atoms with Crippen molar-refractivity contribution in [2.24, 2.45) is 5.92 Å². The SMILES string of the molecule is Cc1nnsc1C(=O)NCC1CCN(c2nc3ccccc3o2)CC1. The quantitative estimate of drug-likeness (QED) is 0.773. The van der Waals surface area contributed by atoms with Crippen LogP contribution in [0.2, 0.25) is 0 Å². The first-order valence-electron chi connectivity index (χ1n) is 8.38. The molecule has 1 aliphatic rings. The summed E-state index contributed by atoms with van der Waals surface area (Å²) >= 11 is 1.14. The first-order chi connectivity index (χ1) is 12.2. The summed E-state index contributed by atoms with van der Waals surface area (Å²) in [7, 11) is 0. The summed E-state index contributed by atoms with van der Waals surface area (Å²) in [5.41, 5.74) is 2.40. The van der Waals surface area contributed by atoms with Gasteiger partial charge in [0.2, 0.25) is 0 Å². The van der Waals surface area contributed by atoms with Crippen LogP contribution in [-0.4, -0.2) is 40.1 Å². The van der Waals surface area contributed by atoms with Crippen LogP contribution in [0.4, 0.5) is 6.01 Å². The largest absolute Gasteiger partial charge is 0.423 e. The van der Waals surface area contributed by atoms with Crippen LogP contribution in [-0.2, 0) is 0 Å². The summed E-state index contributed by atoms with van der Waals surface area (Å²) < 4.78 is 9.64. The van der Waals surface area contributed by atoms with E-state index >= 15 is 0 Å². The van der Waals surface area contributed by atoms with Gasteiger partial charge in [0.05, 0.1) is 5.69 Å². The minimum atomic E-state index is -0.0751. The number of amides is 1. The lowest BCUT2D eigenvalue weighted by molar-refractivity contribution is 0.0948. The molecule has 1 fully saturated rings. The summed E-state index contributed by atoms with van der Waals surface area (Å²) in [6.45, 7) is 4.25. The van der Waals surface area contributed by atoms with Crippen molar-refractivity contribution in [2.75, 3.05) is 24.5 Å². The standard InChI is InChI=1S/C17H19N5O2S/c1-11-15(25-21-20-11)16(23)18-10-12-6-8-22(9-7-12)17-19-13-4-2-3-5-14(13)24-17/h2-5,12H,6-10H2,1H3,(H,18,23). The van der Waals surface area contributed by atoms with Gasteiger partial charge >= 0.3 is 0 Å². The number of anilines is 1. The molecule has 0 radical (unpaired) electrons. The van der Waals surface area contributed by atoms with Crippen molar-refractivity contribution in [3.63, 3.8) is 0 Å². The number of rotatable bonds is 4. The third-order valence-electron chi connectivity index (χ3n) is 4.58. The van der Waals surface area contributed by atoms with Gasteiger partial charge in [-0.3, -0.25) is 4.79 Å². The van der Waals surface area contributed by atoms with E-state index in [1.54, 1.807) is 6.92 Å². The Balaban J connectivity index is 1.31. The number of para-hydroxylation sites is 2. The molecule has 1 N–H and O–H groups in total. The average Bonchev–Trinajstić information content (AvgIpc) is 3.26. The Hall–Kier alpha value is -2.48. The highest BCUT2D eigenvalue weighted by atomic mass is 32.1. The average molecular weight is 357 g/mol. The number of hydrogen-bond acceptors (Lipinski definition) is 7. The number of hydrogen-bond donors (Lipinski definition) is 1. The van der Waals surface area contributed by atoms with Crippen LogP contribution in [0.3, 0.4) is 0 Å². The van der Waals surface area contributed by atoms with E-state index in [4.69, 9.17) is 4.42 Å². The number of nitrogens with zero attached hydrogens (tertiary/aromatic N) is 4. The second-order valence-electron chi connectivity index (χ2n) is 6.29. The number of aryl methyl sites for hydroxylation is 1. The summed E-state index contributed by atoms with van der Waals surface area (Å²) in [4.78, 5) is 19.5. The maximum Gasteiger partial charge on any atom is 0.298 e. The lowest BCUT2D eigenvalue weighted by atomic mass is 9.97. The van der Waals surface area contributed by atoms with Gasteiger partial charge in [0, 0.05) is 19.6 Å². The predicted octanol–water partition coefficient (Wildman–Crippen LogP) is 2.63. The Morgan fingerprint density at radius 3 is 2.88 bits per heavy atom. The summed E-state index contributed by atoms with van der Waals surface area (Å²) in [5, 5.41) is 6.88. The van der Waals surface area contributed by atoms with Crippen molar-refractivity contribution < 1.29 is 9.21 Å². The lowest BCUT2D eigenvalue weighted by Crippen LogP contribution is -2.38. The molecule has 0 bridgehead atoms. The molecule has 1 saturated heterocycles. The molecule has 0 atom stereocenters. The minimum absolute atomic E-state index is 0.0751. The molecule has 1 amide bonds. The van der Waals surface area contributed by atoms with Gasteiger partial charge in [-0.1, -0.05) is 16.6 Å². The molecule has 4 rings (SSSR count). The Morgan fingerprint density at radius 1 is 1.36 bits per heavy atom. The van der Waals surface area contributed by atoms with Crippen LogP contribution in [0.1, 0.15) is 28.2 Å². The van der Waals surface area contributed by atoms with Gasteiger partial charge in [-0.05, 0) is 49.3 Å². The molecular weight excluding hydrogens is 338 g/mol. The van der Waals surface area contributed by atoms with Gasteiger partial charge in [0.15, 0.2) is 5.58 Å². The minimum Gasteiger partial charge on any atom is -0.423 e. The smallest absolute Gasteiger partial charge is 0.298 e. The number of aromatic nitrogens is 3. The maximum atomic E-state index is 12.1. The van der Waals surface area contributed by atoms with E-state index in [2.05, 4.69) is 24.8 Å². The summed E-state index contributed by atoms with van der Waals surface area (Å²) in [6, 6.07) is 8.50. The van der Waals surface area contributed by atoms with E-state index in [1.807, 2.05) is 24.3 Å². The van der Waals surface area contributed by atoms with E-state index in [0.29, 0.717) is 29.0 Å². The van der Waals surface area contributed by atoms with Crippen LogP contribution < -0.4 is 10.2 Å². The Bertz CT molecular complexity index is 849. The monoisotopic (exact) mass is 357 g/mol. The molecule has 8 heteroatoms. The zero-order valence-corrected chi connectivity index (χ0v) is 14.8. The number of oxazole rings is 1. The van der Waals surface area contributed by atoms with E-state index in [-0.39, 0.29) is 5.91 Å². The molecule has 7 nitrogen and oxygen atoms in total. The number of nitrogens with one attached hydrogen (secondary N) is 1. The van der Waals surface area contributed by atoms with Crippen molar-refractivity contribution in [1.29, 1.82) is 0 Å². The van der Waals surface area contributed by atoms with Crippen LogP contribution in [0.15, 0.2) is 28.7 Å². The molecule has 130 valence electrons. The second-order valence-corrected chi connectivity index (χ2v) is 7.05. The highest BCUT2D eigenvalue weighted by Gasteiger charge is 2.23. The molecular formula is C17H19N5O2S. The highest BCUT2D eigenvalue weighted by molar-refractivity contribution is 7.07. The molecule has 0 aliphatic carbocycles. The van der Waals surface area contributed by atoms with Crippen molar-refractivity contribution in [1.82, 2.24) is 19.9 Å². The molecule has 25 heavy (non-hydrogen) atoms. The molecule has 2 aromatic heterocycles. The van der Waals surface area contributed by atoms with E-state index in [0.717, 1.165) is 48.6 Å². The first-order valence-corrected chi connectivity index (χ1v) is 9.15. The molecule has 1 aliphatic heterocycles. The fourth-order valence-corrected chi connectivity index (χ4v) is 3.65. The van der Waals surface area contributed by atoms with Crippen LogP contribution in [0, 0.1) is 12.8 Å². The molecule has 0 spiro atoms. The predicted molar refractivity (Wildman–Crippen MR) is 95.9 cm³/mol. The fourth-order valence-electron chi connectivity index (χ4n) is 3.08. The second kappa shape index (κ2) is 6.79. The molecule has 3 aromatic rings. The molecule has 3 heterocycles. The fraction of sp³-hybridized carbons (Fsp3) is 0.412. The Morgan fingerprint density at radius 2 is 2.16 bits per heavy atom. The Labute approximate surface area is 149 Å². The number of carbonyl (C=O) groups excluding carboxylic acids is 1. The number of piperidine rings is 1. The lowest BCUT2D eigenvalue weighted by Gasteiger charge is -2.30. The third kappa shape index (κ3) is 3.34. The van der Waals surface area contributed by atoms with Crippen LogP contribution in [0.25, 0.3) is 11.1 Å². The summed E-state index contributed by atoms with van der Waals surface area (Å²) in [5.74, 6) is 0.389. The normalized spacial score (nSPS) is 15.6. The zero-order valence-electron chi connectivity index (χ0n) is 13.9. The van der Waals surface area contributed by atoms with Gasteiger partial charge < -0.3 is 14.6 Å². The Kier molecular flexibility index (Phi) is 4.35. The van der Waals surface area contributed by atoms with Gasteiger partial charge in [-0.2, -0.15) is 4.98 Å². The highest BCUT2D eigenvalue weighted by Crippen LogP contribution is 2.26. The topological polar surface area (TPSA) is 84.2 Å². The van der Waals surface area contributed by atoms with Crippen LogP contribution >= 0.6 is 11.5 Å². The van der Waals surface area contributed by atoms with Crippen molar-refractivity contribution >= 4 is 34.6 Å². The molecule has 0 saturated carbocycles. The molecule has 0 unspecified atom stereocenters. The van der Waals surface area contributed by atoms with Crippen molar-refractivity contribution in [2.45, 2.75) is 19.8 Å². The molecule has 1 aromatic carbocycles. The number of benzene rings is 1. The third-order valence-corrected chi connectivity index (χ3v) is 5.40.